The van der Waals surface area contributed by atoms with E-state index in [0.29, 0.717) is 23.7 Å². The van der Waals surface area contributed by atoms with Crippen molar-refractivity contribution in [2.45, 2.75) is 6.61 Å². The van der Waals surface area contributed by atoms with Crippen LogP contribution in [0.5, 0.6) is 11.5 Å². The minimum Gasteiger partial charge on any atom is -0.489 e. The summed E-state index contributed by atoms with van der Waals surface area (Å²) in [5, 5.41) is 0. The fraction of sp³-hybridized carbons (Fsp3) is 0.211. The van der Waals surface area contributed by atoms with Crippen molar-refractivity contribution in [3.05, 3.63) is 65.7 Å². The van der Waals surface area contributed by atoms with Crippen LogP contribution in [0.25, 0.3) is 6.08 Å². The number of methoxy groups -OCH3 is 2. The van der Waals surface area contributed by atoms with Crippen LogP contribution in [0.2, 0.25) is 0 Å². The zero-order chi connectivity index (χ0) is 17.4. The summed E-state index contributed by atoms with van der Waals surface area (Å²) < 4.78 is 21.0. The van der Waals surface area contributed by atoms with Crippen molar-refractivity contribution in [1.82, 2.24) is 0 Å². The van der Waals surface area contributed by atoms with Crippen LogP contribution >= 0.6 is 0 Å². The third-order valence-corrected chi connectivity index (χ3v) is 3.30. The van der Waals surface area contributed by atoms with E-state index in [2.05, 4.69) is 6.58 Å². The number of ether oxygens (including phenoxy) is 4. The number of carbonyl (C=O) groups is 1. The fourth-order valence-corrected chi connectivity index (χ4v) is 2.15. The Bertz CT molecular complexity index is 694. The first-order chi connectivity index (χ1) is 11.7. The molecule has 0 saturated heterocycles. The highest BCUT2D eigenvalue weighted by Gasteiger charge is 2.19. The van der Waals surface area contributed by atoms with Gasteiger partial charge in [-0.1, -0.05) is 43.0 Å². The topological polar surface area (TPSA) is 54.0 Å². The lowest BCUT2D eigenvalue weighted by Crippen LogP contribution is -2.10. The monoisotopic (exact) mass is 328 g/mol. The molecule has 0 saturated carbocycles. The van der Waals surface area contributed by atoms with Crippen LogP contribution in [0.3, 0.4) is 0 Å². The van der Waals surface area contributed by atoms with Gasteiger partial charge in [0, 0.05) is 13.2 Å². The maximum Gasteiger partial charge on any atom is 0.342 e. The molecular formula is C19H20O5. The Morgan fingerprint density at radius 1 is 1.12 bits per heavy atom. The normalized spacial score (nSPS) is 10.1. The van der Waals surface area contributed by atoms with Gasteiger partial charge in [-0.05, 0) is 17.2 Å². The Morgan fingerprint density at radius 3 is 2.50 bits per heavy atom. The second-order valence-electron chi connectivity index (χ2n) is 4.91. The SMILES string of the molecule is C=Cc1cc(OCc2ccccc2)cc(OCOC)c1C(=O)OC. The van der Waals surface area contributed by atoms with Crippen LogP contribution in [-0.2, 0) is 16.1 Å². The van der Waals surface area contributed by atoms with Crippen LogP contribution in [0.1, 0.15) is 21.5 Å². The van der Waals surface area contributed by atoms with Crippen molar-refractivity contribution in [3.63, 3.8) is 0 Å². The van der Waals surface area contributed by atoms with E-state index in [1.54, 1.807) is 18.2 Å². The van der Waals surface area contributed by atoms with Gasteiger partial charge in [-0.3, -0.25) is 0 Å². The Labute approximate surface area is 141 Å². The average molecular weight is 328 g/mol. The highest BCUT2D eigenvalue weighted by molar-refractivity contribution is 5.97. The number of hydrogen-bond donors (Lipinski definition) is 0. The van der Waals surface area contributed by atoms with Gasteiger partial charge in [0.1, 0.15) is 23.7 Å². The maximum atomic E-state index is 12.0. The first-order valence-corrected chi connectivity index (χ1v) is 7.36. The van der Waals surface area contributed by atoms with Gasteiger partial charge in [0.05, 0.1) is 7.11 Å². The van der Waals surface area contributed by atoms with E-state index in [-0.39, 0.29) is 12.4 Å². The molecule has 0 aliphatic heterocycles. The van der Waals surface area contributed by atoms with E-state index >= 15 is 0 Å². The molecule has 5 nitrogen and oxygen atoms in total. The zero-order valence-electron chi connectivity index (χ0n) is 13.8. The number of benzene rings is 2. The molecule has 24 heavy (non-hydrogen) atoms. The summed E-state index contributed by atoms with van der Waals surface area (Å²) in [6, 6.07) is 13.1. The molecule has 0 radical (unpaired) electrons. The van der Waals surface area contributed by atoms with Crippen molar-refractivity contribution >= 4 is 12.0 Å². The number of rotatable bonds is 8. The van der Waals surface area contributed by atoms with E-state index in [0.717, 1.165) is 5.56 Å². The molecule has 0 spiro atoms. The van der Waals surface area contributed by atoms with Gasteiger partial charge in [0.2, 0.25) is 0 Å². The summed E-state index contributed by atoms with van der Waals surface area (Å²) in [4.78, 5) is 12.0. The van der Waals surface area contributed by atoms with E-state index in [1.165, 1.54) is 14.2 Å². The van der Waals surface area contributed by atoms with Crippen molar-refractivity contribution in [1.29, 1.82) is 0 Å². The quantitative estimate of drug-likeness (QED) is 0.546. The Balaban J connectivity index is 2.31. The molecule has 0 aliphatic carbocycles. The third kappa shape index (κ3) is 4.36. The molecule has 2 aromatic rings. The van der Waals surface area contributed by atoms with Crippen molar-refractivity contribution in [2.75, 3.05) is 21.0 Å². The van der Waals surface area contributed by atoms with Crippen LogP contribution in [0, 0.1) is 0 Å². The summed E-state index contributed by atoms with van der Waals surface area (Å²) in [7, 11) is 2.82. The third-order valence-electron chi connectivity index (χ3n) is 3.30. The van der Waals surface area contributed by atoms with Gasteiger partial charge in [-0.2, -0.15) is 0 Å². The average Bonchev–Trinajstić information content (AvgIpc) is 2.64. The molecule has 0 fully saturated rings. The molecule has 0 aliphatic rings. The van der Waals surface area contributed by atoms with E-state index in [1.807, 2.05) is 30.3 Å². The van der Waals surface area contributed by atoms with E-state index in [4.69, 9.17) is 18.9 Å². The largest absolute Gasteiger partial charge is 0.489 e. The molecule has 0 aromatic heterocycles. The minimum atomic E-state index is -0.509. The minimum absolute atomic E-state index is 0.00269. The summed E-state index contributed by atoms with van der Waals surface area (Å²) in [5.74, 6) is 0.377. The zero-order valence-corrected chi connectivity index (χ0v) is 13.8. The molecule has 126 valence electrons. The maximum absolute atomic E-state index is 12.0. The van der Waals surface area contributed by atoms with E-state index in [9.17, 15) is 4.79 Å². The van der Waals surface area contributed by atoms with Crippen molar-refractivity contribution in [2.24, 2.45) is 0 Å². The molecule has 0 N–H and O–H groups in total. The molecule has 2 rings (SSSR count). The molecule has 0 amide bonds. The van der Waals surface area contributed by atoms with Crippen LogP contribution in [-0.4, -0.2) is 27.0 Å². The summed E-state index contributed by atoms with van der Waals surface area (Å²) >= 11 is 0. The van der Waals surface area contributed by atoms with Gasteiger partial charge < -0.3 is 18.9 Å². The molecule has 5 heteroatoms. The number of carbonyl (C=O) groups excluding carboxylic acids is 1. The lowest BCUT2D eigenvalue weighted by molar-refractivity contribution is 0.0463. The first kappa shape index (κ1) is 17.6. The molecular weight excluding hydrogens is 308 g/mol. The van der Waals surface area contributed by atoms with E-state index < -0.39 is 5.97 Å². The summed E-state index contributed by atoms with van der Waals surface area (Å²) in [6.45, 7) is 4.14. The molecule has 2 aromatic carbocycles. The van der Waals surface area contributed by atoms with Gasteiger partial charge in [0.15, 0.2) is 6.79 Å². The van der Waals surface area contributed by atoms with Crippen LogP contribution in [0.4, 0.5) is 0 Å². The van der Waals surface area contributed by atoms with Gasteiger partial charge in [-0.25, -0.2) is 4.79 Å². The Morgan fingerprint density at radius 2 is 1.88 bits per heavy atom. The Kier molecular flexibility index (Phi) is 6.40. The highest BCUT2D eigenvalue weighted by atomic mass is 16.7. The van der Waals surface area contributed by atoms with Gasteiger partial charge in [-0.15, -0.1) is 0 Å². The van der Waals surface area contributed by atoms with Crippen molar-refractivity contribution in [3.8, 4) is 11.5 Å². The smallest absolute Gasteiger partial charge is 0.342 e. The molecule has 0 atom stereocenters. The first-order valence-electron chi connectivity index (χ1n) is 7.36. The standard InChI is InChI=1S/C19H20O5/c1-4-15-10-16(23-12-14-8-6-5-7-9-14)11-17(24-13-21-2)18(15)19(20)22-3/h4-11H,1,12-13H2,2-3H3. The van der Waals surface area contributed by atoms with Crippen molar-refractivity contribution < 1.29 is 23.7 Å². The second kappa shape index (κ2) is 8.74. The summed E-state index contributed by atoms with van der Waals surface area (Å²) in [5.41, 5.74) is 1.89. The van der Waals surface area contributed by atoms with Gasteiger partial charge in [0.25, 0.3) is 0 Å². The highest BCUT2D eigenvalue weighted by Crippen LogP contribution is 2.31. The Hall–Kier alpha value is -2.79. The second-order valence-corrected chi connectivity index (χ2v) is 4.91. The molecule has 0 heterocycles. The lowest BCUT2D eigenvalue weighted by atomic mass is 10.1. The lowest BCUT2D eigenvalue weighted by Gasteiger charge is -2.15. The predicted octanol–water partition coefficient (Wildman–Crippen LogP) is 3.68. The molecule has 0 bridgehead atoms. The number of esters is 1. The molecule has 0 unspecified atom stereocenters. The van der Waals surface area contributed by atoms with Crippen LogP contribution < -0.4 is 9.47 Å². The van der Waals surface area contributed by atoms with Crippen LogP contribution in [0.15, 0.2) is 49.0 Å². The number of hydrogen-bond acceptors (Lipinski definition) is 5. The van der Waals surface area contributed by atoms with Gasteiger partial charge >= 0.3 is 5.97 Å². The summed E-state index contributed by atoms with van der Waals surface area (Å²) in [6.07, 6.45) is 1.56. The predicted molar refractivity (Wildman–Crippen MR) is 91.2 cm³/mol. The fourth-order valence-electron chi connectivity index (χ4n) is 2.15.